The Labute approximate surface area is 72.9 Å². The molecule has 0 unspecified atom stereocenters. The molecule has 0 aliphatic carbocycles. The van der Waals surface area contributed by atoms with Gasteiger partial charge >= 0.3 is 0 Å². The first kappa shape index (κ1) is 11.0. The summed E-state index contributed by atoms with van der Waals surface area (Å²) >= 11 is 1.34. The molecule has 0 saturated carbocycles. The van der Waals surface area contributed by atoms with Crippen molar-refractivity contribution in [3.05, 3.63) is 0 Å². The van der Waals surface area contributed by atoms with Crippen LogP contribution in [0.25, 0.3) is 0 Å². The van der Waals surface area contributed by atoms with E-state index in [1.54, 1.807) is 0 Å². The van der Waals surface area contributed by atoms with E-state index in [9.17, 15) is 4.79 Å². The molecule has 2 N–H and O–H groups in total. The van der Waals surface area contributed by atoms with Crippen LogP contribution in [-0.4, -0.2) is 17.4 Å². The van der Waals surface area contributed by atoms with Gasteiger partial charge in [0.15, 0.2) is 5.12 Å². The van der Waals surface area contributed by atoms with Gasteiger partial charge in [0, 0.05) is 18.7 Å². The molecule has 0 aromatic carbocycles. The minimum Gasteiger partial charge on any atom is -0.330 e. The van der Waals surface area contributed by atoms with Crippen molar-refractivity contribution >= 4 is 16.9 Å². The molecule has 0 amide bonds. The summed E-state index contributed by atoms with van der Waals surface area (Å²) in [5, 5.41) is 0.253. The molecule has 0 radical (unpaired) electrons. The lowest BCUT2D eigenvalue weighted by molar-refractivity contribution is -0.112. The minimum atomic E-state index is 0.110. The molecular formula is C8H17NOS. The first-order valence-corrected chi connectivity index (χ1v) is 4.80. The summed E-state index contributed by atoms with van der Waals surface area (Å²) in [7, 11) is 0. The quantitative estimate of drug-likeness (QED) is 0.709. The highest BCUT2D eigenvalue weighted by Crippen LogP contribution is 2.22. The largest absolute Gasteiger partial charge is 0.330 e. The molecule has 0 spiro atoms. The number of nitrogens with two attached hydrogens (primary N) is 1. The van der Waals surface area contributed by atoms with Crippen molar-refractivity contribution in [2.45, 2.75) is 27.2 Å². The van der Waals surface area contributed by atoms with Gasteiger partial charge in [-0.1, -0.05) is 32.5 Å². The SMILES string of the molecule is CC(C)(C)CC(=O)SCCN. The monoisotopic (exact) mass is 175 g/mol. The van der Waals surface area contributed by atoms with Crippen molar-refractivity contribution in [3.8, 4) is 0 Å². The molecule has 0 bridgehead atoms. The number of rotatable bonds is 3. The first-order valence-electron chi connectivity index (χ1n) is 3.81. The van der Waals surface area contributed by atoms with Crippen LogP contribution in [-0.2, 0) is 4.79 Å². The highest BCUT2D eigenvalue weighted by molar-refractivity contribution is 8.13. The van der Waals surface area contributed by atoms with Crippen LogP contribution in [0.15, 0.2) is 0 Å². The van der Waals surface area contributed by atoms with E-state index in [1.165, 1.54) is 11.8 Å². The standard InChI is InChI=1S/C8H17NOS/c1-8(2,3)6-7(10)11-5-4-9/h4-6,9H2,1-3H3. The number of hydrogen-bond donors (Lipinski definition) is 1. The van der Waals surface area contributed by atoms with Gasteiger partial charge in [-0.25, -0.2) is 0 Å². The maximum absolute atomic E-state index is 11.1. The minimum absolute atomic E-state index is 0.110. The van der Waals surface area contributed by atoms with Crippen LogP contribution in [0.4, 0.5) is 0 Å². The topological polar surface area (TPSA) is 43.1 Å². The van der Waals surface area contributed by atoms with Crippen LogP contribution in [0.2, 0.25) is 0 Å². The van der Waals surface area contributed by atoms with E-state index in [4.69, 9.17) is 5.73 Å². The van der Waals surface area contributed by atoms with Gasteiger partial charge in [-0.05, 0) is 5.41 Å². The van der Waals surface area contributed by atoms with E-state index in [-0.39, 0.29) is 10.5 Å². The average Bonchev–Trinajstić information content (AvgIpc) is 1.79. The molecule has 0 saturated heterocycles. The Balaban J connectivity index is 3.53. The zero-order valence-corrected chi connectivity index (χ0v) is 8.33. The number of carbonyl (C=O) groups excluding carboxylic acids is 1. The number of thioether (sulfide) groups is 1. The second-order valence-corrected chi connectivity index (χ2v) is 4.90. The predicted molar refractivity (Wildman–Crippen MR) is 50.6 cm³/mol. The smallest absolute Gasteiger partial charge is 0.189 e. The fourth-order valence-corrected chi connectivity index (χ4v) is 1.54. The Hall–Kier alpha value is -0.0200. The summed E-state index contributed by atoms with van der Waals surface area (Å²) in [6, 6.07) is 0. The van der Waals surface area contributed by atoms with Gasteiger partial charge < -0.3 is 5.73 Å². The van der Waals surface area contributed by atoms with Crippen molar-refractivity contribution < 1.29 is 4.79 Å². The van der Waals surface area contributed by atoms with Crippen LogP contribution < -0.4 is 5.73 Å². The lowest BCUT2D eigenvalue weighted by Crippen LogP contribution is -2.12. The van der Waals surface area contributed by atoms with Crippen molar-refractivity contribution in [1.82, 2.24) is 0 Å². The maximum Gasteiger partial charge on any atom is 0.189 e. The Morgan fingerprint density at radius 3 is 2.36 bits per heavy atom. The molecule has 0 aromatic rings. The molecule has 0 rings (SSSR count). The molecule has 0 fully saturated rings. The Kier molecular flexibility index (Phi) is 4.77. The molecule has 3 heteroatoms. The van der Waals surface area contributed by atoms with Gasteiger partial charge in [0.25, 0.3) is 0 Å². The third-order valence-corrected chi connectivity index (χ3v) is 1.96. The van der Waals surface area contributed by atoms with Crippen LogP contribution in [0.5, 0.6) is 0 Å². The summed E-state index contributed by atoms with van der Waals surface area (Å²) in [5.41, 5.74) is 5.38. The van der Waals surface area contributed by atoms with Crippen molar-refractivity contribution in [3.63, 3.8) is 0 Å². The summed E-state index contributed by atoms with van der Waals surface area (Å²) < 4.78 is 0. The van der Waals surface area contributed by atoms with Crippen LogP contribution in [0.3, 0.4) is 0 Å². The van der Waals surface area contributed by atoms with Crippen LogP contribution >= 0.6 is 11.8 Å². The van der Waals surface area contributed by atoms with Crippen molar-refractivity contribution in [1.29, 1.82) is 0 Å². The average molecular weight is 175 g/mol. The summed E-state index contributed by atoms with van der Waals surface area (Å²) in [4.78, 5) is 11.1. The summed E-state index contributed by atoms with van der Waals surface area (Å²) in [5.74, 6) is 0.745. The van der Waals surface area contributed by atoms with E-state index in [0.717, 1.165) is 5.75 Å². The Morgan fingerprint density at radius 2 is 2.00 bits per heavy atom. The van der Waals surface area contributed by atoms with Gasteiger partial charge in [0.05, 0.1) is 0 Å². The van der Waals surface area contributed by atoms with Gasteiger partial charge in [-0.3, -0.25) is 4.79 Å². The molecule has 0 atom stereocenters. The lowest BCUT2D eigenvalue weighted by atomic mass is 9.93. The van der Waals surface area contributed by atoms with Gasteiger partial charge in [-0.15, -0.1) is 0 Å². The molecule has 0 aromatic heterocycles. The van der Waals surface area contributed by atoms with E-state index in [2.05, 4.69) is 20.8 Å². The molecular weight excluding hydrogens is 158 g/mol. The van der Waals surface area contributed by atoms with Crippen LogP contribution in [0, 0.1) is 5.41 Å². The zero-order chi connectivity index (χ0) is 8.91. The molecule has 0 heterocycles. The highest BCUT2D eigenvalue weighted by Gasteiger charge is 2.15. The maximum atomic E-state index is 11.1. The molecule has 11 heavy (non-hydrogen) atoms. The van der Waals surface area contributed by atoms with E-state index < -0.39 is 0 Å². The predicted octanol–water partition coefficient (Wildman–Crippen LogP) is 1.64. The Morgan fingerprint density at radius 1 is 1.45 bits per heavy atom. The second-order valence-electron chi connectivity index (χ2n) is 3.75. The zero-order valence-electron chi connectivity index (χ0n) is 7.52. The van der Waals surface area contributed by atoms with Crippen molar-refractivity contribution in [2.24, 2.45) is 11.1 Å². The van der Waals surface area contributed by atoms with Gasteiger partial charge in [-0.2, -0.15) is 0 Å². The van der Waals surface area contributed by atoms with Crippen molar-refractivity contribution in [2.75, 3.05) is 12.3 Å². The lowest BCUT2D eigenvalue weighted by Gasteiger charge is -2.15. The number of hydrogen-bond acceptors (Lipinski definition) is 3. The number of carbonyl (C=O) groups is 1. The van der Waals surface area contributed by atoms with E-state index >= 15 is 0 Å². The second kappa shape index (κ2) is 4.78. The van der Waals surface area contributed by atoms with Crippen LogP contribution in [0.1, 0.15) is 27.2 Å². The molecule has 0 aliphatic heterocycles. The van der Waals surface area contributed by atoms with E-state index in [1.807, 2.05) is 0 Å². The summed E-state index contributed by atoms with van der Waals surface area (Å²) in [6.45, 7) is 6.77. The normalized spacial score (nSPS) is 11.6. The molecule has 2 nitrogen and oxygen atoms in total. The van der Waals surface area contributed by atoms with E-state index in [0.29, 0.717) is 13.0 Å². The fourth-order valence-electron chi connectivity index (χ4n) is 0.657. The fraction of sp³-hybridized carbons (Fsp3) is 0.875. The highest BCUT2D eigenvalue weighted by atomic mass is 32.2. The van der Waals surface area contributed by atoms with Gasteiger partial charge in [0.1, 0.15) is 0 Å². The van der Waals surface area contributed by atoms with Gasteiger partial charge in [0.2, 0.25) is 0 Å². The molecule has 0 aliphatic rings. The first-order chi connectivity index (χ1) is 4.95. The Bertz CT molecular complexity index is 129. The third-order valence-electron chi connectivity index (χ3n) is 1.06. The molecule has 66 valence electrons. The summed E-state index contributed by atoms with van der Waals surface area (Å²) in [6.07, 6.45) is 0.637. The third kappa shape index (κ3) is 7.88.